The van der Waals surface area contributed by atoms with Gasteiger partial charge in [0.1, 0.15) is 12.6 Å². The first kappa shape index (κ1) is 28.0. The Kier molecular flexibility index (Phi) is 9.79. The number of carbonyl (C=O) groups is 2. The van der Waals surface area contributed by atoms with E-state index in [9.17, 15) is 18.0 Å². The summed E-state index contributed by atoms with van der Waals surface area (Å²) >= 11 is 12.4. The fraction of sp³-hybridized carbons (Fsp3) is 0.417. The highest BCUT2D eigenvalue weighted by molar-refractivity contribution is 7.92. The Morgan fingerprint density at radius 3 is 2.29 bits per heavy atom. The SMILES string of the molecule is CC[C@@H](C(=O)NC(C)C)N(Cc1ccc(Cl)cc1Cl)C(=O)CN(c1cccc(C)c1)S(C)(=O)=O. The van der Waals surface area contributed by atoms with Crippen LogP contribution >= 0.6 is 23.2 Å². The van der Waals surface area contributed by atoms with E-state index < -0.39 is 28.5 Å². The van der Waals surface area contributed by atoms with Crippen LogP contribution in [0.1, 0.15) is 38.3 Å². The third-order valence-corrected chi connectivity index (χ3v) is 6.87. The zero-order valence-corrected chi connectivity index (χ0v) is 22.3. The summed E-state index contributed by atoms with van der Waals surface area (Å²) in [6.07, 6.45) is 1.38. The summed E-state index contributed by atoms with van der Waals surface area (Å²) in [6, 6.07) is 10.8. The molecule has 2 aromatic rings. The van der Waals surface area contributed by atoms with Gasteiger partial charge in [0, 0.05) is 22.6 Å². The topological polar surface area (TPSA) is 86.8 Å². The van der Waals surface area contributed by atoms with Gasteiger partial charge >= 0.3 is 0 Å². The molecule has 0 fully saturated rings. The average Bonchev–Trinajstić information content (AvgIpc) is 2.71. The fourth-order valence-corrected chi connectivity index (χ4v) is 4.84. The van der Waals surface area contributed by atoms with E-state index in [1.54, 1.807) is 43.3 Å². The van der Waals surface area contributed by atoms with Gasteiger partial charge in [0.25, 0.3) is 0 Å². The van der Waals surface area contributed by atoms with Crippen molar-refractivity contribution in [3.8, 4) is 0 Å². The van der Waals surface area contributed by atoms with Crippen molar-refractivity contribution < 1.29 is 18.0 Å². The molecule has 1 N–H and O–H groups in total. The molecule has 186 valence electrons. The second-order valence-corrected chi connectivity index (χ2v) is 11.2. The molecule has 2 amide bonds. The molecule has 0 bridgehead atoms. The van der Waals surface area contributed by atoms with Gasteiger partial charge in [-0.3, -0.25) is 13.9 Å². The van der Waals surface area contributed by atoms with Crippen molar-refractivity contribution in [2.24, 2.45) is 0 Å². The first-order valence-electron chi connectivity index (χ1n) is 10.9. The number of aryl methyl sites for hydroxylation is 1. The van der Waals surface area contributed by atoms with Crippen LogP contribution in [0.15, 0.2) is 42.5 Å². The van der Waals surface area contributed by atoms with Crippen LogP contribution in [0.2, 0.25) is 10.0 Å². The van der Waals surface area contributed by atoms with Gasteiger partial charge in [0.15, 0.2) is 0 Å². The Morgan fingerprint density at radius 1 is 1.09 bits per heavy atom. The Balaban J connectivity index is 2.48. The first-order valence-corrected chi connectivity index (χ1v) is 13.5. The van der Waals surface area contributed by atoms with E-state index in [0.717, 1.165) is 16.1 Å². The highest BCUT2D eigenvalue weighted by atomic mass is 35.5. The largest absolute Gasteiger partial charge is 0.352 e. The van der Waals surface area contributed by atoms with Crippen molar-refractivity contribution >= 4 is 50.7 Å². The standard InChI is InChI=1S/C24H31Cl2N3O4S/c1-6-22(24(31)27-16(2)3)28(14-18-10-11-19(25)13-21(18)26)23(30)15-29(34(5,32)33)20-9-7-8-17(4)12-20/h7-13,16,22H,6,14-15H2,1-5H3,(H,27,31)/t22-/m0/s1. The summed E-state index contributed by atoms with van der Waals surface area (Å²) in [5.41, 5.74) is 1.82. The third kappa shape index (κ3) is 7.61. The maximum atomic E-state index is 13.6. The molecule has 0 spiro atoms. The molecule has 0 radical (unpaired) electrons. The molecule has 0 aromatic heterocycles. The first-order chi connectivity index (χ1) is 15.8. The van der Waals surface area contributed by atoms with Gasteiger partial charge in [0.2, 0.25) is 21.8 Å². The Labute approximate surface area is 212 Å². The monoisotopic (exact) mass is 527 g/mol. The van der Waals surface area contributed by atoms with Crippen LogP contribution < -0.4 is 9.62 Å². The minimum Gasteiger partial charge on any atom is -0.352 e. The van der Waals surface area contributed by atoms with E-state index in [2.05, 4.69) is 5.32 Å². The Bertz CT molecular complexity index is 1140. The number of rotatable bonds is 10. The van der Waals surface area contributed by atoms with Crippen LogP contribution in [0.3, 0.4) is 0 Å². The van der Waals surface area contributed by atoms with Gasteiger partial charge in [-0.15, -0.1) is 0 Å². The normalized spacial score (nSPS) is 12.4. The summed E-state index contributed by atoms with van der Waals surface area (Å²) < 4.78 is 26.3. The van der Waals surface area contributed by atoms with Crippen LogP contribution in [-0.4, -0.2) is 50.0 Å². The van der Waals surface area contributed by atoms with Crippen LogP contribution in [0.4, 0.5) is 5.69 Å². The molecule has 1 atom stereocenters. The number of hydrogen-bond donors (Lipinski definition) is 1. The molecular weight excluding hydrogens is 497 g/mol. The van der Waals surface area contributed by atoms with E-state index >= 15 is 0 Å². The molecule has 2 rings (SSSR count). The van der Waals surface area contributed by atoms with Gasteiger partial charge in [-0.05, 0) is 62.6 Å². The van der Waals surface area contributed by atoms with E-state index in [-0.39, 0.29) is 18.5 Å². The lowest BCUT2D eigenvalue weighted by Gasteiger charge is -2.33. The quantitative estimate of drug-likeness (QED) is 0.495. The number of anilines is 1. The molecule has 0 aliphatic heterocycles. The summed E-state index contributed by atoms with van der Waals surface area (Å²) in [6.45, 7) is 6.85. The molecule has 10 heteroatoms. The van der Waals surface area contributed by atoms with Crippen molar-refractivity contribution in [3.05, 3.63) is 63.6 Å². The number of hydrogen-bond acceptors (Lipinski definition) is 4. The maximum Gasteiger partial charge on any atom is 0.244 e. The highest BCUT2D eigenvalue weighted by Crippen LogP contribution is 2.25. The Morgan fingerprint density at radius 2 is 1.76 bits per heavy atom. The second kappa shape index (κ2) is 11.9. The lowest BCUT2D eigenvalue weighted by molar-refractivity contribution is -0.140. The summed E-state index contributed by atoms with van der Waals surface area (Å²) in [4.78, 5) is 27.9. The summed E-state index contributed by atoms with van der Waals surface area (Å²) in [5, 5.41) is 3.64. The summed E-state index contributed by atoms with van der Waals surface area (Å²) in [5.74, 6) is -0.846. The van der Waals surface area contributed by atoms with E-state index in [1.165, 1.54) is 4.90 Å². The molecule has 0 saturated carbocycles. The molecule has 2 aromatic carbocycles. The van der Waals surface area contributed by atoms with Gasteiger partial charge < -0.3 is 10.2 Å². The molecular formula is C24H31Cl2N3O4S. The predicted octanol–water partition coefficient (Wildman–Crippen LogP) is 4.40. The van der Waals surface area contributed by atoms with Crippen molar-refractivity contribution in [1.29, 1.82) is 0 Å². The van der Waals surface area contributed by atoms with Gasteiger partial charge in [0.05, 0.1) is 11.9 Å². The molecule has 0 saturated heterocycles. The molecule has 0 aliphatic carbocycles. The fourth-order valence-electron chi connectivity index (χ4n) is 3.53. The number of benzene rings is 2. The van der Waals surface area contributed by atoms with E-state index in [0.29, 0.717) is 27.7 Å². The average molecular weight is 529 g/mol. The molecule has 0 aliphatic rings. The van der Waals surface area contributed by atoms with Crippen molar-refractivity contribution in [1.82, 2.24) is 10.2 Å². The number of carbonyl (C=O) groups excluding carboxylic acids is 2. The van der Waals surface area contributed by atoms with E-state index in [1.807, 2.05) is 26.8 Å². The number of nitrogens with one attached hydrogen (secondary N) is 1. The molecule has 34 heavy (non-hydrogen) atoms. The van der Waals surface area contributed by atoms with Gasteiger partial charge in [-0.2, -0.15) is 0 Å². The van der Waals surface area contributed by atoms with Gasteiger partial charge in [-0.25, -0.2) is 8.42 Å². The zero-order valence-electron chi connectivity index (χ0n) is 20.0. The van der Waals surface area contributed by atoms with Crippen molar-refractivity contribution in [3.63, 3.8) is 0 Å². The smallest absolute Gasteiger partial charge is 0.244 e. The molecule has 7 nitrogen and oxygen atoms in total. The lowest BCUT2D eigenvalue weighted by atomic mass is 10.1. The van der Waals surface area contributed by atoms with Crippen molar-refractivity contribution in [2.75, 3.05) is 17.1 Å². The van der Waals surface area contributed by atoms with Crippen molar-refractivity contribution in [2.45, 2.75) is 52.7 Å². The van der Waals surface area contributed by atoms with E-state index in [4.69, 9.17) is 23.2 Å². The van der Waals surface area contributed by atoms with Crippen LogP contribution in [0.25, 0.3) is 0 Å². The maximum absolute atomic E-state index is 13.6. The summed E-state index contributed by atoms with van der Waals surface area (Å²) in [7, 11) is -3.78. The Hall–Kier alpha value is -2.29. The predicted molar refractivity (Wildman–Crippen MR) is 138 cm³/mol. The molecule has 0 heterocycles. The number of nitrogens with zero attached hydrogens (tertiary/aromatic N) is 2. The van der Waals surface area contributed by atoms with Crippen LogP contribution in [-0.2, 0) is 26.2 Å². The van der Waals surface area contributed by atoms with Gasteiger partial charge in [-0.1, -0.05) is 48.3 Å². The zero-order chi connectivity index (χ0) is 25.6. The minimum absolute atomic E-state index is 0.0181. The lowest BCUT2D eigenvalue weighted by Crippen LogP contribution is -2.53. The second-order valence-electron chi connectivity index (χ2n) is 8.45. The number of sulfonamides is 1. The minimum atomic E-state index is -3.78. The third-order valence-electron chi connectivity index (χ3n) is 5.14. The van der Waals surface area contributed by atoms with Crippen LogP contribution in [0, 0.1) is 6.92 Å². The number of amides is 2. The number of halogens is 2. The van der Waals surface area contributed by atoms with Crippen LogP contribution in [0.5, 0.6) is 0 Å². The molecule has 0 unspecified atom stereocenters. The highest BCUT2D eigenvalue weighted by Gasteiger charge is 2.32.